The number of hydrogen-bond donors (Lipinski definition) is 1. The fourth-order valence-electron chi connectivity index (χ4n) is 1.99. The van der Waals surface area contributed by atoms with Crippen LogP contribution in [0.3, 0.4) is 0 Å². The van der Waals surface area contributed by atoms with E-state index in [1.54, 1.807) is 7.11 Å². The van der Waals surface area contributed by atoms with E-state index in [2.05, 4.69) is 42.9 Å². The van der Waals surface area contributed by atoms with Crippen molar-refractivity contribution in [3.8, 4) is 11.4 Å². The molecule has 1 aromatic carbocycles. The summed E-state index contributed by atoms with van der Waals surface area (Å²) in [6, 6.07) is 9.55. The van der Waals surface area contributed by atoms with Gasteiger partial charge in [-0.1, -0.05) is 45.0 Å². The molecule has 0 fully saturated rings. The van der Waals surface area contributed by atoms with Crippen molar-refractivity contribution in [1.82, 2.24) is 9.97 Å². The maximum absolute atomic E-state index is 11.6. The fraction of sp³-hybridized carbons (Fsp3) is 0.375. The van der Waals surface area contributed by atoms with E-state index in [1.165, 1.54) is 11.6 Å². The van der Waals surface area contributed by atoms with Crippen LogP contribution in [0.2, 0.25) is 0 Å². The van der Waals surface area contributed by atoms with Crippen molar-refractivity contribution in [1.29, 1.82) is 0 Å². The Hall–Kier alpha value is -1.94. The normalized spacial score (nSPS) is 11.6. The van der Waals surface area contributed by atoms with Gasteiger partial charge in [-0.2, -0.15) is 0 Å². The van der Waals surface area contributed by atoms with Gasteiger partial charge >= 0.3 is 0 Å². The molecule has 20 heavy (non-hydrogen) atoms. The highest BCUT2D eigenvalue weighted by molar-refractivity contribution is 5.55. The topological polar surface area (TPSA) is 55.0 Å². The van der Waals surface area contributed by atoms with Crippen LogP contribution in [0.1, 0.15) is 32.0 Å². The van der Waals surface area contributed by atoms with Gasteiger partial charge in [0, 0.05) is 18.7 Å². The lowest BCUT2D eigenvalue weighted by Gasteiger charge is -2.19. The number of nitrogens with zero attached hydrogens (tertiary/aromatic N) is 1. The maximum atomic E-state index is 11.6. The molecule has 0 unspecified atom stereocenters. The van der Waals surface area contributed by atoms with Gasteiger partial charge in [-0.25, -0.2) is 4.98 Å². The van der Waals surface area contributed by atoms with Crippen molar-refractivity contribution in [3.05, 3.63) is 51.9 Å². The monoisotopic (exact) mass is 272 g/mol. The van der Waals surface area contributed by atoms with Crippen molar-refractivity contribution in [3.63, 3.8) is 0 Å². The third-order valence-corrected chi connectivity index (χ3v) is 3.11. The lowest BCUT2D eigenvalue weighted by Crippen LogP contribution is -2.12. The van der Waals surface area contributed by atoms with E-state index < -0.39 is 0 Å². The molecule has 0 saturated carbocycles. The van der Waals surface area contributed by atoms with Gasteiger partial charge < -0.3 is 9.72 Å². The first kappa shape index (κ1) is 14.5. The molecule has 4 nitrogen and oxygen atoms in total. The zero-order chi connectivity index (χ0) is 14.8. The summed E-state index contributed by atoms with van der Waals surface area (Å²) >= 11 is 0. The highest BCUT2D eigenvalue weighted by atomic mass is 16.5. The second kappa shape index (κ2) is 5.59. The minimum absolute atomic E-state index is 0.108. The molecule has 0 aliphatic carbocycles. The average molecular weight is 272 g/mol. The first-order chi connectivity index (χ1) is 9.40. The van der Waals surface area contributed by atoms with Gasteiger partial charge in [0.25, 0.3) is 5.56 Å². The molecule has 0 aliphatic heterocycles. The number of hydrogen-bond acceptors (Lipinski definition) is 3. The third-order valence-electron chi connectivity index (χ3n) is 3.11. The largest absolute Gasteiger partial charge is 0.378 e. The van der Waals surface area contributed by atoms with Gasteiger partial charge in [-0.15, -0.1) is 0 Å². The molecule has 2 rings (SSSR count). The van der Waals surface area contributed by atoms with Crippen LogP contribution in [0.5, 0.6) is 0 Å². The van der Waals surface area contributed by atoms with Crippen LogP contribution in [0, 0.1) is 0 Å². The summed E-state index contributed by atoms with van der Waals surface area (Å²) in [6.45, 7) is 6.83. The molecule has 0 saturated heterocycles. The minimum Gasteiger partial charge on any atom is -0.378 e. The van der Waals surface area contributed by atoms with E-state index in [4.69, 9.17) is 4.74 Å². The molecule has 1 N–H and O–H groups in total. The average Bonchev–Trinajstić information content (AvgIpc) is 2.37. The summed E-state index contributed by atoms with van der Waals surface area (Å²) in [7, 11) is 1.58. The molecule has 1 aromatic heterocycles. The Morgan fingerprint density at radius 1 is 1.20 bits per heavy atom. The van der Waals surface area contributed by atoms with E-state index in [-0.39, 0.29) is 11.0 Å². The molecule has 106 valence electrons. The minimum atomic E-state index is -0.165. The van der Waals surface area contributed by atoms with Crippen LogP contribution in [-0.2, 0) is 16.8 Å². The van der Waals surface area contributed by atoms with Crippen LogP contribution >= 0.6 is 0 Å². The van der Waals surface area contributed by atoms with Crippen molar-refractivity contribution in [2.75, 3.05) is 7.11 Å². The number of ether oxygens (including phenoxy) is 1. The van der Waals surface area contributed by atoms with Crippen LogP contribution < -0.4 is 5.56 Å². The summed E-state index contributed by atoms with van der Waals surface area (Å²) in [5, 5.41) is 0. The van der Waals surface area contributed by atoms with Crippen molar-refractivity contribution < 1.29 is 4.74 Å². The molecule has 0 aliphatic rings. The van der Waals surface area contributed by atoms with Crippen molar-refractivity contribution in [2.24, 2.45) is 0 Å². The Morgan fingerprint density at radius 3 is 2.40 bits per heavy atom. The van der Waals surface area contributed by atoms with E-state index >= 15 is 0 Å². The van der Waals surface area contributed by atoms with E-state index in [0.29, 0.717) is 18.1 Å². The van der Waals surface area contributed by atoms with Crippen molar-refractivity contribution in [2.45, 2.75) is 32.8 Å². The zero-order valence-corrected chi connectivity index (χ0v) is 12.4. The van der Waals surface area contributed by atoms with Crippen LogP contribution in [0.4, 0.5) is 0 Å². The van der Waals surface area contributed by atoms with E-state index in [1.807, 2.05) is 12.1 Å². The van der Waals surface area contributed by atoms with Crippen LogP contribution in [0.15, 0.2) is 35.1 Å². The number of aromatic nitrogens is 2. The Labute approximate surface area is 118 Å². The molecule has 0 atom stereocenters. The maximum Gasteiger partial charge on any atom is 0.251 e. The first-order valence-corrected chi connectivity index (χ1v) is 6.60. The second-order valence-corrected chi connectivity index (χ2v) is 5.85. The zero-order valence-electron chi connectivity index (χ0n) is 12.4. The van der Waals surface area contributed by atoms with Crippen molar-refractivity contribution >= 4 is 0 Å². The SMILES string of the molecule is COCc1cc(=O)[nH]c(-c2ccc(C(C)(C)C)cc2)n1. The first-order valence-electron chi connectivity index (χ1n) is 6.60. The summed E-state index contributed by atoms with van der Waals surface area (Å²) in [6.07, 6.45) is 0. The standard InChI is InChI=1S/C16H20N2O2/c1-16(2,3)12-7-5-11(6-8-12)15-17-13(10-20-4)9-14(19)18-15/h5-9H,10H2,1-4H3,(H,17,18,19). The summed E-state index contributed by atoms with van der Waals surface area (Å²) < 4.78 is 5.02. The Bertz CT molecular complexity index is 637. The van der Waals surface area contributed by atoms with Gasteiger partial charge in [-0.05, 0) is 11.0 Å². The number of rotatable bonds is 3. The number of methoxy groups -OCH3 is 1. The van der Waals surface area contributed by atoms with E-state index in [9.17, 15) is 4.79 Å². The predicted molar refractivity (Wildman–Crippen MR) is 79.7 cm³/mol. The Morgan fingerprint density at radius 2 is 1.85 bits per heavy atom. The highest BCUT2D eigenvalue weighted by Crippen LogP contribution is 2.24. The molecule has 0 amide bonds. The van der Waals surface area contributed by atoms with Crippen LogP contribution in [-0.4, -0.2) is 17.1 Å². The number of benzene rings is 1. The quantitative estimate of drug-likeness (QED) is 0.934. The molecule has 0 radical (unpaired) electrons. The lowest BCUT2D eigenvalue weighted by atomic mass is 9.87. The second-order valence-electron chi connectivity index (χ2n) is 5.85. The molecular weight excluding hydrogens is 252 g/mol. The Balaban J connectivity index is 2.39. The van der Waals surface area contributed by atoms with Gasteiger partial charge in [0.1, 0.15) is 5.82 Å². The van der Waals surface area contributed by atoms with Gasteiger partial charge in [0.15, 0.2) is 0 Å². The molecule has 2 aromatic rings. The number of nitrogens with one attached hydrogen (secondary N) is 1. The molecule has 4 heteroatoms. The Kier molecular flexibility index (Phi) is 4.04. The van der Waals surface area contributed by atoms with Gasteiger partial charge in [-0.3, -0.25) is 4.79 Å². The van der Waals surface area contributed by atoms with Gasteiger partial charge in [0.05, 0.1) is 12.3 Å². The highest BCUT2D eigenvalue weighted by Gasteiger charge is 2.13. The summed E-state index contributed by atoms with van der Waals surface area (Å²) in [4.78, 5) is 18.8. The smallest absolute Gasteiger partial charge is 0.251 e. The van der Waals surface area contributed by atoms with E-state index in [0.717, 1.165) is 5.56 Å². The fourth-order valence-corrected chi connectivity index (χ4v) is 1.99. The third kappa shape index (κ3) is 3.33. The number of aromatic amines is 1. The van der Waals surface area contributed by atoms with Gasteiger partial charge in [0.2, 0.25) is 0 Å². The van der Waals surface area contributed by atoms with Crippen LogP contribution in [0.25, 0.3) is 11.4 Å². The number of H-pyrrole nitrogens is 1. The summed E-state index contributed by atoms with van der Waals surface area (Å²) in [5.74, 6) is 0.574. The summed E-state index contributed by atoms with van der Waals surface area (Å²) in [5.41, 5.74) is 2.72. The molecule has 0 spiro atoms. The molecular formula is C16H20N2O2. The lowest BCUT2D eigenvalue weighted by molar-refractivity contribution is 0.181. The predicted octanol–water partition coefficient (Wildman–Crippen LogP) is 2.88. The molecule has 1 heterocycles. The molecule has 0 bridgehead atoms.